The molecule has 0 spiro atoms. The predicted molar refractivity (Wildman–Crippen MR) is 70.6 cm³/mol. The van der Waals surface area contributed by atoms with Gasteiger partial charge in [0.15, 0.2) is 0 Å². The largest absolute Gasteiger partial charge is 0.303 e. The first kappa shape index (κ1) is 12.4. The summed E-state index contributed by atoms with van der Waals surface area (Å²) in [4.78, 5) is 2.72. The average molecular weight is 223 g/mol. The van der Waals surface area contributed by atoms with Crippen LogP contribution in [0.15, 0.2) is 0 Å². The van der Waals surface area contributed by atoms with Gasteiger partial charge in [-0.2, -0.15) is 0 Å². The molecule has 0 unspecified atom stereocenters. The fourth-order valence-corrected chi connectivity index (χ4v) is 3.52. The van der Waals surface area contributed by atoms with Gasteiger partial charge in [0.05, 0.1) is 0 Å². The van der Waals surface area contributed by atoms with E-state index < -0.39 is 0 Å². The van der Waals surface area contributed by atoms with E-state index in [0.717, 1.165) is 5.92 Å². The van der Waals surface area contributed by atoms with Crippen molar-refractivity contribution in [2.75, 3.05) is 19.6 Å². The molecule has 0 atom stereocenters. The zero-order valence-electron chi connectivity index (χ0n) is 11.3. The molecular formula is C15H29N. The van der Waals surface area contributed by atoms with Gasteiger partial charge in [0, 0.05) is 0 Å². The molecule has 0 aromatic carbocycles. The highest BCUT2D eigenvalue weighted by atomic mass is 15.1. The molecule has 94 valence electrons. The van der Waals surface area contributed by atoms with Crippen LogP contribution in [0.25, 0.3) is 0 Å². The van der Waals surface area contributed by atoms with Crippen molar-refractivity contribution in [3.63, 3.8) is 0 Å². The van der Waals surface area contributed by atoms with Crippen molar-refractivity contribution in [2.45, 2.75) is 65.2 Å². The second-order valence-corrected chi connectivity index (χ2v) is 6.46. The van der Waals surface area contributed by atoms with Gasteiger partial charge in [-0.25, -0.2) is 0 Å². The van der Waals surface area contributed by atoms with Gasteiger partial charge in [0.1, 0.15) is 0 Å². The van der Waals surface area contributed by atoms with Gasteiger partial charge in [-0.1, -0.05) is 33.1 Å². The minimum absolute atomic E-state index is 0.696. The standard InChI is InChI=1S/C15H29N/c1-3-14-6-11-16(12-7-14)13-10-15(2)8-4-5-9-15/h14H,3-13H2,1-2H3. The van der Waals surface area contributed by atoms with Crippen LogP contribution in [0.2, 0.25) is 0 Å². The molecule has 2 rings (SSSR count). The lowest BCUT2D eigenvalue weighted by Crippen LogP contribution is -2.35. The van der Waals surface area contributed by atoms with Crippen LogP contribution in [-0.2, 0) is 0 Å². The molecule has 1 nitrogen and oxygen atoms in total. The third-order valence-corrected chi connectivity index (χ3v) is 5.13. The van der Waals surface area contributed by atoms with E-state index in [1.54, 1.807) is 0 Å². The predicted octanol–water partition coefficient (Wildman–Crippen LogP) is 4.08. The summed E-state index contributed by atoms with van der Waals surface area (Å²) in [5.74, 6) is 1.03. The van der Waals surface area contributed by atoms with E-state index in [-0.39, 0.29) is 0 Å². The maximum absolute atomic E-state index is 2.72. The van der Waals surface area contributed by atoms with E-state index in [9.17, 15) is 0 Å². The van der Waals surface area contributed by atoms with E-state index in [4.69, 9.17) is 0 Å². The maximum atomic E-state index is 2.72. The van der Waals surface area contributed by atoms with E-state index in [2.05, 4.69) is 18.7 Å². The fourth-order valence-electron chi connectivity index (χ4n) is 3.52. The summed E-state index contributed by atoms with van der Waals surface area (Å²) in [6.45, 7) is 8.97. The molecule has 1 heteroatoms. The third-order valence-electron chi connectivity index (χ3n) is 5.13. The van der Waals surface area contributed by atoms with Crippen LogP contribution in [0.1, 0.15) is 65.2 Å². The maximum Gasteiger partial charge on any atom is -0.00135 e. The van der Waals surface area contributed by atoms with E-state index in [0.29, 0.717) is 5.41 Å². The first-order valence-electron chi connectivity index (χ1n) is 7.44. The van der Waals surface area contributed by atoms with Crippen LogP contribution in [0.5, 0.6) is 0 Å². The summed E-state index contributed by atoms with van der Waals surface area (Å²) >= 11 is 0. The Kier molecular flexibility index (Phi) is 4.29. The van der Waals surface area contributed by atoms with Crippen molar-refractivity contribution in [2.24, 2.45) is 11.3 Å². The fraction of sp³-hybridized carbons (Fsp3) is 1.00. The number of rotatable bonds is 4. The number of nitrogens with zero attached hydrogens (tertiary/aromatic N) is 1. The van der Waals surface area contributed by atoms with Crippen molar-refractivity contribution >= 4 is 0 Å². The molecule has 1 saturated heterocycles. The highest BCUT2D eigenvalue weighted by Gasteiger charge is 2.29. The first-order valence-corrected chi connectivity index (χ1v) is 7.44. The van der Waals surface area contributed by atoms with Crippen LogP contribution in [0.3, 0.4) is 0 Å². The summed E-state index contributed by atoms with van der Waals surface area (Å²) in [5, 5.41) is 0. The van der Waals surface area contributed by atoms with Crippen LogP contribution < -0.4 is 0 Å². The Hall–Kier alpha value is -0.0400. The minimum Gasteiger partial charge on any atom is -0.303 e. The monoisotopic (exact) mass is 223 g/mol. The molecule has 0 bridgehead atoms. The molecule has 1 aliphatic heterocycles. The van der Waals surface area contributed by atoms with Crippen molar-refractivity contribution in [3.8, 4) is 0 Å². The van der Waals surface area contributed by atoms with Crippen LogP contribution in [0.4, 0.5) is 0 Å². The summed E-state index contributed by atoms with van der Waals surface area (Å²) < 4.78 is 0. The quantitative estimate of drug-likeness (QED) is 0.694. The molecule has 16 heavy (non-hydrogen) atoms. The molecule has 1 saturated carbocycles. The Balaban J connectivity index is 1.67. The zero-order chi connectivity index (χ0) is 11.4. The smallest absolute Gasteiger partial charge is 0.00135 e. The Morgan fingerprint density at radius 1 is 1.12 bits per heavy atom. The van der Waals surface area contributed by atoms with Gasteiger partial charge in [0.25, 0.3) is 0 Å². The third kappa shape index (κ3) is 3.23. The minimum atomic E-state index is 0.696. The van der Waals surface area contributed by atoms with E-state index >= 15 is 0 Å². The Labute approximate surface area is 102 Å². The Morgan fingerprint density at radius 2 is 1.75 bits per heavy atom. The molecule has 2 aliphatic rings. The van der Waals surface area contributed by atoms with Gasteiger partial charge in [-0.05, 0) is 63.1 Å². The molecular weight excluding hydrogens is 194 g/mol. The van der Waals surface area contributed by atoms with E-state index in [1.165, 1.54) is 71.0 Å². The second-order valence-electron chi connectivity index (χ2n) is 6.46. The lowest BCUT2D eigenvalue weighted by Gasteiger charge is -2.34. The molecule has 2 fully saturated rings. The van der Waals surface area contributed by atoms with E-state index in [1.807, 2.05) is 0 Å². The van der Waals surface area contributed by atoms with Crippen molar-refractivity contribution in [1.29, 1.82) is 0 Å². The highest BCUT2D eigenvalue weighted by Crippen LogP contribution is 2.40. The molecule has 1 heterocycles. The lowest BCUT2D eigenvalue weighted by atomic mass is 9.84. The van der Waals surface area contributed by atoms with Gasteiger partial charge in [0.2, 0.25) is 0 Å². The van der Waals surface area contributed by atoms with Crippen molar-refractivity contribution < 1.29 is 0 Å². The molecule has 0 aromatic rings. The van der Waals surface area contributed by atoms with Gasteiger partial charge < -0.3 is 4.90 Å². The summed E-state index contributed by atoms with van der Waals surface area (Å²) in [7, 11) is 0. The average Bonchev–Trinajstić information content (AvgIpc) is 2.75. The summed E-state index contributed by atoms with van der Waals surface area (Å²) in [6.07, 6.45) is 11.7. The van der Waals surface area contributed by atoms with Crippen LogP contribution >= 0.6 is 0 Å². The lowest BCUT2D eigenvalue weighted by molar-refractivity contribution is 0.153. The number of piperidine rings is 1. The highest BCUT2D eigenvalue weighted by molar-refractivity contribution is 4.82. The van der Waals surface area contributed by atoms with Crippen molar-refractivity contribution in [3.05, 3.63) is 0 Å². The normalized spacial score (nSPS) is 27.4. The SMILES string of the molecule is CCC1CCN(CCC2(C)CCCC2)CC1. The van der Waals surface area contributed by atoms with Gasteiger partial charge in [-0.3, -0.25) is 0 Å². The molecule has 0 aromatic heterocycles. The second kappa shape index (κ2) is 5.53. The number of hydrogen-bond donors (Lipinski definition) is 0. The van der Waals surface area contributed by atoms with Crippen molar-refractivity contribution in [1.82, 2.24) is 4.90 Å². The zero-order valence-corrected chi connectivity index (χ0v) is 11.3. The van der Waals surface area contributed by atoms with Crippen LogP contribution in [0, 0.1) is 11.3 Å². The number of likely N-dealkylation sites (tertiary alicyclic amines) is 1. The van der Waals surface area contributed by atoms with Gasteiger partial charge in [-0.15, -0.1) is 0 Å². The summed E-state index contributed by atoms with van der Waals surface area (Å²) in [6, 6.07) is 0. The Bertz CT molecular complexity index is 197. The Morgan fingerprint density at radius 3 is 2.31 bits per heavy atom. The molecule has 0 radical (unpaired) electrons. The summed E-state index contributed by atoms with van der Waals surface area (Å²) in [5.41, 5.74) is 0.696. The molecule has 0 amide bonds. The topological polar surface area (TPSA) is 3.24 Å². The molecule has 1 aliphatic carbocycles. The van der Waals surface area contributed by atoms with Crippen LogP contribution in [-0.4, -0.2) is 24.5 Å². The van der Waals surface area contributed by atoms with Gasteiger partial charge >= 0.3 is 0 Å². The first-order chi connectivity index (χ1) is 7.72. The molecule has 0 N–H and O–H groups in total. The number of hydrogen-bond acceptors (Lipinski definition) is 1.